The number of amides is 2. The maximum Gasteiger partial charge on any atom is 0.233 e. The summed E-state index contributed by atoms with van der Waals surface area (Å²) < 4.78 is 0. The third kappa shape index (κ3) is 4.91. The molecule has 0 bridgehead atoms. The van der Waals surface area contributed by atoms with Gasteiger partial charge < -0.3 is 10.6 Å². The van der Waals surface area contributed by atoms with Crippen molar-refractivity contribution in [2.45, 2.75) is 6.42 Å². The Labute approximate surface area is 142 Å². The van der Waals surface area contributed by atoms with Gasteiger partial charge in [0.1, 0.15) is 6.42 Å². The predicted molar refractivity (Wildman–Crippen MR) is 89.8 cm³/mol. The maximum absolute atomic E-state index is 11.8. The molecular weight excluding hydrogens is 347 g/mol. The number of halogens is 3. The van der Waals surface area contributed by atoms with Gasteiger partial charge in [-0.15, -0.1) is 0 Å². The van der Waals surface area contributed by atoms with Gasteiger partial charge in [0.05, 0.1) is 10.0 Å². The lowest BCUT2D eigenvalue weighted by atomic mass is 10.3. The molecule has 0 aliphatic heterocycles. The van der Waals surface area contributed by atoms with E-state index in [4.69, 9.17) is 34.8 Å². The SMILES string of the molecule is O=C(CC(=O)Nc1ccc(Cl)c(Cl)c1)Nc1ccc(Cl)cc1. The van der Waals surface area contributed by atoms with E-state index in [1.807, 2.05) is 0 Å². The Morgan fingerprint density at radius 2 is 1.32 bits per heavy atom. The number of anilines is 2. The van der Waals surface area contributed by atoms with Crippen molar-refractivity contribution in [1.82, 2.24) is 0 Å². The number of hydrogen-bond donors (Lipinski definition) is 2. The molecule has 0 saturated heterocycles. The van der Waals surface area contributed by atoms with Gasteiger partial charge in [0.2, 0.25) is 11.8 Å². The fourth-order valence-electron chi connectivity index (χ4n) is 1.66. The number of carbonyl (C=O) groups is 2. The fourth-order valence-corrected chi connectivity index (χ4v) is 2.09. The van der Waals surface area contributed by atoms with Crippen LogP contribution in [0.25, 0.3) is 0 Å². The van der Waals surface area contributed by atoms with Crippen LogP contribution >= 0.6 is 34.8 Å². The fraction of sp³-hybridized carbons (Fsp3) is 0.0667. The highest BCUT2D eigenvalue weighted by Gasteiger charge is 2.10. The van der Waals surface area contributed by atoms with Crippen molar-refractivity contribution in [2.24, 2.45) is 0 Å². The lowest BCUT2D eigenvalue weighted by Gasteiger charge is -2.07. The van der Waals surface area contributed by atoms with Gasteiger partial charge in [-0.25, -0.2) is 0 Å². The second-order valence-electron chi connectivity index (χ2n) is 4.41. The van der Waals surface area contributed by atoms with Crippen LogP contribution in [0, 0.1) is 0 Å². The number of carbonyl (C=O) groups excluding carboxylic acids is 2. The molecule has 2 rings (SSSR count). The van der Waals surface area contributed by atoms with Crippen LogP contribution < -0.4 is 10.6 Å². The van der Waals surface area contributed by atoms with Crippen molar-refractivity contribution in [2.75, 3.05) is 10.6 Å². The Bertz CT molecular complexity index is 702. The smallest absolute Gasteiger partial charge is 0.233 e. The average molecular weight is 358 g/mol. The molecule has 4 nitrogen and oxygen atoms in total. The van der Waals surface area contributed by atoms with Crippen molar-refractivity contribution in [3.8, 4) is 0 Å². The molecule has 0 aliphatic carbocycles. The summed E-state index contributed by atoms with van der Waals surface area (Å²) in [5, 5.41) is 6.45. The number of rotatable bonds is 4. The summed E-state index contributed by atoms with van der Waals surface area (Å²) >= 11 is 17.4. The van der Waals surface area contributed by atoms with E-state index >= 15 is 0 Å². The minimum absolute atomic E-state index is 0.317. The van der Waals surface area contributed by atoms with Crippen molar-refractivity contribution < 1.29 is 9.59 Å². The molecule has 2 aromatic rings. The minimum atomic E-state index is -0.454. The Morgan fingerprint density at radius 3 is 1.91 bits per heavy atom. The molecule has 0 spiro atoms. The Hall–Kier alpha value is -1.75. The first kappa shape index (κ1) is 16.6. The first-order valence-electron chi connectivity index (χ1n) is 6.24. The molecule has 2 aromatic carbocycles. The zero-order valence-corrected chi connectivity index (χ0v) is 13.5. The highest BCUT2D eigenvalue weighted by Crippen LogP contribution is 2.25. The van der Waals surface area contributed by atoms with Crippen LogP contribution in [0.1, 0.15) is 6.42 Å². The summed E-state index contributed by atoms with van der Waals surface area (Å²) in [6.45, 7) is 0. The van der Waals surface area contributed by atoms with E-state index in [9.17, 15) is 9.59 Å². The maximum atomic E-state index is 11.8. The zero-order chi connectivity index (χ0) is 16.1. The molecular formula is C15H11Cl3N2O2. The number of hydrogen-bond acceptors (Lipinski definition) is 2. The Balaban J connectivity index is 1.89. The molecule has 0 radical (unpaired) electrons. The zero-order valence-electron chi connectivity index (χ0n) is 11.2. The van der Waals surface area contributed by atoms with E-state index in [1.54, 1.807) is 36.4 Å². The monoisotopic (exact) mass is 356 g/mol. The van der Waals surface area contributed by atoms with Gasteiger partial charge in [0.15, 0.2) is 0 Å². The number of nitrogens with one attached hydrogen (secondary N) is 2. The van der Waals surface area contributed by atoms with Crippen LogP contribution in [0.3, 0.4) is 0 Å². The largest absolute Gasteiger partial charge is 0.326 e. The van der Waals surface area contributed by atoms with Crippen LogP contribution in [0.2, 0.25) is 15.1 Å². The molecule has 0 fully saturated rings. The summed E-state index contributed by atoms with van der Waals surface area (Å²) in [4.78, 5) is 23.6. The van der Waals surface area contributed by atoms with Crippen molar-refractivity contribution >= 4 is 58.0 Å². The van der Waals surface area contributed by atoms with Crippen LogP contribution in [0.4, 0.5) is 11.4 Å². The van der Waals surface area contributed by atoms with Crippen molar-refractivity contribution in [1.29, 1.82) is 0 Å². The molecule has 0 atom stereocenters. The van der Waals surface area contributed by atoms with Gasteiger partial charge in [-0.1, -0.05) is 34.8 Å². The Kier molecular flexibility index (Phi) is 5.66. The van der Waals surface area contributed by atoms with Gasteiger partial charge in [-0.2, -0.15) is 0 Å². The molecule has 0 aromatic heterocycles. The molecule has 22 heavy (non-hydrogen) atoms. The molecule has 2 amide bonds. The third-order valence-corrected chi connectivity index (χ3v) is 3.64. The molecule has 0 heterocycles. The lowest BCUT2D eigenvalue weighted by molar-refractivity contribution is -0.123. The predicted octanol–water partition coefficient (Wildman–Crippen LogP) is 4.61. The van der Waals surface area contributed by atoms with E-state index in [0.717, 1.165) is 0 Å². The van der Waals surface area contributed by atoms with Crippen LogP contribution in [0.5, 0.6) is 0 Å². The van der Waals surface area contributed by atoms with Gasteiger partial charge >= 0.3 is 0 Å². The summed E-state index contributed by atoms with van der Waals surface area (Å²) in [5.41, 5.74) is 1.04. The van der Waals surface area contributed by atoms with Gasteiger partial charge in [-0.3, -0.25) is 9.59 Å². The minimum Gasteiger partial charge on any atom is -0.326 e. The molecule has 0 saturated carbocycles. The average Bonchev–Trinajstić information content (AvgIpc) is 2.45. The Morgan fingerprint density at radius 1 is 0.773 bits per heavy atom. The molecule has 7 heteroatoms. The van der Waals surface area contributed by atoms with E-state index in [1.165, 1.54) is 6.07 Å². The van der Waals surface area contributed by atoms with E-state index in [0.29, 0.717) is 26.4 Å². The van der Waals surface area contributed by atoms with E-state index < -0.39 is 11.8 Å². The van der Waals surface area contributed by atoms with Crippen LogP contribution in [-0.2, 0) is 9.59 Å². The topological polar surface area (TPSA) is 58.2 Å². The van der Waals surface area contributed by atoms with E-state index in [2.05, 4.69) is 10.6 Å². The summed E-state index contributed by atoms with van der Waals surface area (Å²) in [5.74, 6) is -0.885. The molecule has 2 N–H and O–H groups in total. The quantitative estimate of drug-likeness (QED) is 0.785. The number of benzene rings is 2. The van der Waals surface area contributed by atoms with Gasteiger partial charge in [0, 0.05) is 16.4 Å². The van der Waals surface area contributed by atoms with E-state index in [-0.39, 0.29) is 6.42 Å². The molecule has 0 unspecified atom stereocenters. The van der Waals surface area contributed by atoms with Crippen molar-refractivity contribution in [3.63, 3.8) is 0 Å². The second kappa shape index (κ2) is 7.49. The molecule has 114 valence electrons. The lowest BCUT2D eigenvalue weighted by Crippen LogP contribution is -2.21. The highest BCUT2D eigenvalue weighted by atomic mass is 35.5. The first-order valence-corrected chi connectivity index (χ1v) is 7.38. The third-order valence-electron chi connectivity index (χ3n) is 2.65. The first-order chi connectivity index (χ1) is 10.4. The van der Waals surface area contributed by atoms with Gasteiger partial charge in [-0.05, 0) is 42.5 Å². The van der Waals surface area contributed by atoms with Crippen LogP contribution in [0.15, 0.2) is 42.5 Å². The van der Waals surface area contributed by atoms with Gasteiger partial charge in [0.25, 0.3) is 0 Å². The van der Waals surface area contributed by atoms with Crippen LogP contribution in [-0.4, -0.2) is 11.8 Å². The summed E-state index contributed by atoms with van der Waals surface area (Å²) in [6.07, 6.45) is -0.317. The second-order valence-corrected chi connectivity index (χ2v) is 5.66. The summed E-state index contributed by atoms with van der Waals surface area (Å²) in [6, 6.07) is 11.3. The normalized spacial score (nSPS) is 10.1. The molecule has 0 aliphatic rings. The van der Waals surface area contributed by atoms with Crippen molar-refractivity contribution in [3.05, 3.63) is 57.5 Å². The highest BCUT2D eigenvalue weighted by molar-refractivity contribution is 6.42. The standard InChI is InChI=1S/C15H11Cl3N2O2/c16-9-1-3-10(4-2-9)19-14(21)8-15(22)20-11-5-6-12(17)13(18)7-11/h1-7H,8H2,(H,19,21)(H,20,22). The summed E-state index contributed by atoms with van der Waals surface area (Å²) in [7, 11) is 0.